The number of rotatable bonds is 6. The average Bonchev–Trinajstić information content (AvgIpc) is 2.34. The molecule has 1 rings (SSSR count). The second-order valence-electron chi connectivity index (χ2n) is 3.72. The summed E-state index contributed by atoms with van der Waals surface area (Å²) in [4.78, 5) is 0. The van der Waals surface area contributed by atoms with E-state index in [1.807, 2.05) is 7.05 Å². The standard InChI is InChI=1S/C12H16F3NO2Se/c1-16-5-4-8-6-10(18-3)11(7-9(8)17-2)19-12(13,14)15/h6-7,16H,4-5H2,1-3H3. The Labute approximate surface area is 116 Å². The van der Waals surface area contributed by atoms with Gasteiger partial charge in [0.25, 0.3) is 0 Å². The monoisotopic (exact) mass is 343 g/mol. The molecule has 3 nitrogen and oxygen atoms in total. The number of hydrogen-bond acceptors (Lipinski definition) is 3. The van der Waals surface area contributed by atoms with Gasteiger partial charge >= 0.3 is 116 Å². The molecule has 1 N–H and O–H groups in total. The third-order valence-corrected chi connectivity index (χ3v) is 4.05. The summed E-state index contributed by atoms with van der Waals surface area (Å²) in [5.74, 6) is 0.737. The van der Waals surface area contributed by atoms with Crippen LogP contribution in [0.25, 0.3) is 0 Å². The van der Waals surface area contributed by atoms with E-state index in [1.165, 1.54) is 20.3 Å². The molecule has 0 fully saturated rings. The number of alkyl halides is 3. The molecule has 0 atom stereocenters. The van der Waals surface area contributed by atoms with E-state index < -0.39 is 20.0 Å². The Bertz CT molecular complexity index is 424. The summed E-state index contributed by atoms with van der Waals surface area (Å²) in [6, 6.07) is 3.05. The first kappa shape index (κ1) is 16.1. The topological polar surface area (TPSA) is 30.5 Å². The number of halogens is 3. The van der Waals surface area contributed by atoms with E-state index >= 15 is 0 Å². The molecule has 7 heteroatoms. The van der Waals surface area contributed by atoms with Crippen LogP contribution in [0.1, 0.15) is 5.56 Å². The number of benzene rings is 1. The third kappa shape index (κ3) is 4.93. The van der Waals surface area contributed by atoms with Gasteiger partial charge in [0, 0.05) is 0 Å². The summed E-state index contributed by atoms with van der Waals surface area (Å²) < 4.78 is 47.9. The van der Waals surface area contributed by atoms with Crippen LogP contribution in [0.4, 0.5) is 13.2 Å². The van der Waals surface area contributed by atoms with Crippen molar-refractivity contribution in [1.82, 2.24) is 5.32 Å². The molecule has 0 amide bonds. The summed E-state index contributed by atoms with van der Waals surface area (Å²) in [6.45, 7) is 0.712. The minimum atomic E-state index is -4.21. The fraction of sp³-hybridized carbons (Fsp3) is 0.500. The molecule has 0 unspecified atom stereocenters. The normalized spacial score (nSPS) is 11.5. The molecule has 0 heterocycles. The molecule has 0 aliphatic rings. The Kier molecular flexibility index (Phi) is 5.97. The van der Waals surface area contributed by atoms with Gasteiger partial charge in [-0.15, -0.1) is 0 Å². The van der Waals surface area contributed by atoms with Crippen molar-refractivity contribution in [2.75, 3.05) is 27.8 Å². The Morgan fingerprint density at radius 2 is 1.79 bits per heavy atom. The van der Waals surface area contributed by atoms with Crippen molar-refractivity contribution in [3.8, 4) is 11.5 Å². The molecule has 1 aromatic carbocycles. The predicted molar refractivity (Wildman–Crippen MR) is 68.6 cm³/mol. The summed E-state index contributed by atoms with van der Waals surface area (Å²) in [6.07, 6.45) is 0.662. The maximum atomic E-state index is 12.5. The van der Waals surface area contributed by atoms with Crippen LogP contribution in [-0.4, -0.2) is 47.8 Å². The van der Waals surface area contributed by atoms with E-state index in [2.05, 4.69) is 5.32 Å². The van der Waals surface area contributed by atoms with E-state index in [1.54, 1.807) is 6.07 Å². The Balaban J connectivity index is 3.11. The Hall–Kier alpha value is -0.911. The van der Waals surface area contributed by atoms with E-state index in [-0.39, 0.29) is 10.2 Å². The van der Waals surface area contributed by atoms with Gasteiger partial charge in [-0.3, -0.25) is 0 Å². The van der Waals surface area contributed by atoms with Crippen LogP contribution in [0.3, 0.4) is 0 Å². The first-order valence-electron chi connectivity index (χ1n) is 5.56. The van der Waals surface area contributed by atoms with Crippen molar-refractivity contribution in [1.29, 1.82) is 0 Å². The summed E-state index contributed by atoms with van der Waals surface area (Å²) in [7, 11) is 4.64. The van der Waals surface area contributed by atoms with Gasteiger partial charge in [-0.25, -0.2) is 0 Å². The van der Waals surface area contributed by atoms with Crippen molar-refractivity contribution in [2.45, 2.75) is 11.5 Å². The molecule has 0 saturated carbocycles. The van der Waals surface area contributed by atoms with Gasteiger partial charge in [-0.05, 0) is 0 Å². The first-order valence-corrected chi connectivity index (χ1v) is 7.27. The van der Waals surface area contributed by atoms with Crippen LogP contribution >= 0.6 is 0 Å². The molecule has 0 aromatic heterocycles. The zero-order chi connectivity index (χ0) is 14.5. The molecule has 0 bridgehead atoms. The molecule has 0 aliphatic carbocycles. The van der Waals surface area contributed by atoms with E-state index in [0.717, 1.165) is 5.56 Å². The minimum absolute atomic E-state index is 0.146. The van der Waals surface area contributed by atoms with Gasteiger partial charge in [-0.1, -0.05) is 0 Å². The molecule has 0 saturated heterocycles. The first-order chi connectivity index (χ1) is 8.91. The molecule has 0 radical (unpaired) electrons. The van der Waals surface area contributed by atoms with E-state index in [9.17, 15) is 13.2 Å². The maximum absolute atomic E-state index is 12.5. The van der Waals surface area contributed by atoms with Crippen LogP contribution < -0.4 is 19.3 Å². The number of methoxy groups -OCH3 is 2. The Morgan fingerprint density at radius 3 is 2.26 bits per heavy atom. The molecule has 108 valence electrons. The number of nitrogens with one attached hydrogen (secondary N) is 1. The van der Waals surface area contributed by atoms with Crippen LogP contribution in [-0.2, 0) is 6.42 Å². The van der Waals surface area contributed by atoms with Gasteiger partial charge in [0.15, 0.2) is 0 Å². The zero-order valence-corrected chi connectivity index (χ0v) is 12.6. The van der Waals surface area contributed by atoms with Gasteiger partial charge in [0.2, 0.25) is 0 Å². The predicted octanol–water partition coefficient (Wildman–Crippen LogP) is 1.31. The van der Waals surface area contributed by atoms with Gasteiger partial charge in [-0.2, -0.15) is 0 Å². The molecule has 19 heavy (non-hydrogen) atoms. The summed E-state index contributed by atoms with van der Waals surface area (Å²) in [5, 5.41) is -1.23. The molecule has 1 aromatic rings. The van der Waals surface area contributed by atoms with Crippen LogP contribution in [0.15, 0.2) is 12.1 Å². The van der Waals surface area contributed by atoms with E-state index in [4.69, 9.17) is 9.47 Å². The average molecular weight is 342 g/mol. The van der Waals surface area contributed by atoms with Crippen molar-refractivity contribution >= 4 is 19.4 Å². The zero-order valence-electron chi connectivity index (χ0n) is 10.9. The Morgan fingerprint density at radius 1 is 1.16 bits per heavy atom. The van der Waals surface area contributed by atoms with Crippen molar-refractivity contribution in [3.63, 3.8) is 0 Å². The fourth-order valence-electron chi connectivity index (χ4n) is 1.59. The second-order valence-corrected chi connectivity index (χ2v) is 6.04. The second kappa shape index (κ2) is 7.03. The van der Waals surface area contributed by atoms with Gasteiger partial charge < -0.3 is 0 Å². The molecule has 0 spiro atoms. The SMILES string of the molecule is CNCCc1cc(OC)c([Se]C(F)(F)F)cc1OC. The van der Waals surface area contributed by atoms with Crippen molar-refractivity contribution in [2.24, 2.45) is 0 Å². The van der Waals surface area contributed by atoms with E-state index in [0.29, 0.717) is 18.7 Å². The quantitative estimate of drug-likeness (QED) is 0.791. The summed E-state index contributed by atoms with van der Waals surface area (Å²) in [5.41, 5.74) is 0.829. The molecular weight excluding hydrogens is 326 g/mol. The van der Waals surface area contributed by atoms with Crippen LogP contribution in [0.5, 0.6) is 11.5 Å². The molecular formula is C12H16F3NO2Se. The van der Waals surface area contributed by atoms with Crippen molar-refractivity contribution in [3.05, 3.63) is 17.7 Å². The van der Waals surface area contributed by atoms with Gasteiger partial charge in [0.05, 0.1) is 0 Å². The third-order valence-electron chi connectivity index (χ3n) is 2.44. The number of likely N-dealkylation sites (N-methyl/N-ethyl adjacent to an activating group) is 1. The molecule has 0 aliphatic heterocycles. The van der Waals surface area contributed by atoms with Crippen molar-refractivity contribution < 1.29 is 22.6 Å². The number of ether oxygens (including phenoxy) is 2. The number of hydrogen-bond donors (Lipinski definition) is 1. The summed E-state index contributed by atoms with van der Waals surface area (Å²) >= 11 is -1.65. The van der Waals surface area contributed by atoms with Gasteiger partial charge in [0.1, 0.15) is 0 Å². The van der Waals surface area contributed by atoms with Crippen LogP contribution in [0.2, 0.25) is 0 Å². The fourth-order valence-corrected chi connectivity index (χ4v) is 2.97. The van der Waals surface area contributed by atoms with Crippen LogP contribution in [0, 0.1) is 0 Å².